The minimum atomic E-state index is 0.893. The van der Waals surface area contributed by atoms with Gasteiger partial charge in [0.15, 0.2) is 0 Å². The average Bonchev–Trinajstić information content (AvgIpc) is 2.52. The molecule has 0 aromatic carbocycles. The first-order valence-electron chi connectivity index (χ1n) is 4.37. The Morgan fingerprint density at radius 1 is 1.36 bits per heavy atom. The Labute approximate surface area is 73.3 Å². The summed E-state index contributed by atoms with van der Waals surface area (Å²) >= 11 is 1.80. The van der Waals surface area contributed by atoms with Gasteiger partial charge in [-0.1, -0.05) is 26.7 Å². The Morgan fingerprint density at radius 3 is 2.55 bits per heavy atom. The van der Waals surface area contributed by atoms with E-state index in [-0.39, 0.29) is 0 Å². The fraction of sp³-hybridized carbons (Fsp3) is 0.600. The van der Waals surface area contributed by atoms with Gasteiger partial charge in [0.25, 0.3) is 0 Å². The van der Waals surface area contributed by atoms with E-state index in [0.717, 1.165) is 5.92 Å². The van der Waals surface area contributed by atoms with Gasteiger partial charge in [0.05, 0.1) is 0 Å². The lowest BCUT2D eigenvalue weighted by atomic mass is 9.96. The van der Waals surface area contributed by atoms with E-state index in [1.165, 1.54) is 24.8 Å². The average molecular weight is 168 g/mol. The topological polar surface area (TPSA) is 0 Å². The molecular formula is C10H16S. The molecule has 0 aliphatic rings. The van der Waals surface area contributed by atoms with Crippen molar-refractivity contribution in [1.29, 1.82) is 0 Å². The summed E-state index contributed by atoms with van der Waals surface area (Å²) in [6.07, 6.45) is 3.90. The Morgan fingerprint density at radius 2 is 2.09 bits per heavy atom. The lowest BCUT2D eigenvalue weighted by Gasteiger charge is -2.09. The minimum Gasteiger partial charge on any atom is -0.152 e. The van der Waals surface area contributed by atoms with Crippen molar-refractivity contribution >= 4 is 11.3 Å². The highest BCUT2D eigenvalue weighted by Crippen LogP contribution is 2.16. The zero-order chi connectivity index (χ0) is 8.10. The summed E-state index contributed by atoms with van der Waals surface area (Å²) in [6.45, 7) is 4.56. The van der Waals surface area contributed by atoms with Gasteiger partial charge in [-0.05, 0) is 34.7 Å². The van der Waals surface area contributed by atoms with Gasteiger partial charge in [0.2, 0.25) is 0 Å². The third kappa shape index (κ3) is 2.66. The predicted molar refractivity (Wildman–Crippen MR) is 52.1 cm³/mol. The van der Waals surface area contributed by atoms with Crippen LogP contribution in [0.15, 0.2) is 16.8 Å². The highest BCUT2D eigenvalue weighted by molar-refractivity contribution is 7.07. The molecule has 0 saturated heterocycles. The molecule has 0 spiro atoms. The fourth-order valence-corrected chi connectivity index (χ4v) is 2.00. The van der Waals surface area contributed by atoms with Crippen LogP contribution in [0.3, 0.4) is 0 Å². The van der Waals surface area contributed by atoms with Gasteiger partial charge in [-0.3, -0.25) is 0 Å². The quantitative estimate of drug-likeness (QED) is 0.642. The Bertz CT molecular complexity index is 173. The second-order valence-corrected chi connectivity index (χ2v) is 3.80. The van der Waals surface area contributed by atoms with Crippen molar-refractivity contribution in [1.82, 2.24) is 0 Å². The van der Waals surface area contributed by atoms with Crippen LogP contribution in [0, 0.1) is 5.92 Å². The SMILES string of the molecule is CCC(CC)Cc1ccsc1. The summed E-state index contributed by atoms with van der Waals surface area (Å²) in [5.41, 5.74) is 1.52. The molecule has 0 nitrogen and oxygen atoms in total. The molecule has 0 aliphatic heterocycles. The van der Waals surface area contributed by atoms with Gasteiger partial charge in [0, 0.05) is 0 Å². The predicted octanol–water partition coefficient (Wildman–Crippen LogP) is 3.73. The fourth-order valence-electron chi connectivity index (χ4n) is 1.32. The van der Waals surface area contributed by atoms with Crippen LogP contribution in [0.5, 0.6) is 0 Å². The lowest BCUT2D eigenvalue weighted by molar-refractivity contribution is 0.491. The van der Waals surface area contributed by atoms with E-state index in [9.17, 15) is 0 Å². The summed E-state index contributed by atoms with van der Waals surface area (Å²) in [6, 6.07) is 2.24. The van der Waals surface area contributed by atoms with E-state index >= 15 is 0 Å². The van der Waals surface area contributed by atoms with Crippen molar-refractivity contribution in [2.45, 2.75) is 33.1 Å². The summed E-state index contributed by atoms with van der Waals surface area (Å²) in [5, 5.41) is 4.43. The molecule has 0 atom stereocenters. The molecule has 0 fully saturated rings. The third-order valence-corrected chi connectivity index (χ3v) is 2.99. The Kier molecular flexibility index (Phi) is 3.64. The van der Waals surface area contributed by atoms with Gasteiger partial charge < -0.3 is 0 Å². The molecule has 0 saturated carbocycles. The molecule has 1 aromatic heterocycles. The number of hydrogen-bond acceptors (Lipinski definition) is 1. The Hall–Kier alpha value is -0.300. The van der Waals surface area contributed by atoms with Gasteiger partial charge in [-0.15, -0.1) is 0 Å². The molecule has 0 bridgehead atoms. The molecule has 11 heavy (non-hydrogen) atoms. The van der Waals surface area contributed by atoms with Crippen molar-refractivity contribution in [3.05, 3.63) is 22.4 Å². The largest absolute Gasteiger partial charge is 0.152 e. The molecule has 1 heteroatoms. The van der Waals surface area contributed by atoms with Gasteiger partial charge in [-0.2, -0.15) is 11.3 Å². The van der Waals surface area contributed by atoms with E-state index in [1.807, 2.05) is 0 Å². The molecule has 0 unspecified atom stereocenters. The standard InChI is InChI=1S/C10H16S/c1-3-9(4-2)7-10-5-6-11-8-10/h5-6,8-9H,3-4,7H2,1-2H3. The maximum Gasteiger partial charge on any atom is -0.00612 e. The smallest absolute Gasteiger partial charge is 0.00612 e. The molecule has 62 valence electrons. The maximum absolute atomic E-state index is 2.28. The molecule has 1 heterocycles. The van der Waals surface area contributed by atoms with Crippen LogP contribution in [0.25, 0.3) is 0 Å². The molecule has 1 rings (SSSR count). The van der Waals surface area contributed by atoms with Crippen LogP contribution >= 0.6 is 11.3 Å². The number of rotatable bonds is 4. The van der Waals surface area contributed by atoms with Crippen LogP contribution in [-0.4, -0.2) is 0 Å². The second kappa shape index (κ2) is 4.55. The van der Waals surface area contributed by atoms with E-state index in [1.54, 1.807) is 11.3 Å². The van der Waals surface area contributed by atoms with Crippen LogP contribution in [0.4, 0.5) is 0 Å². The highest BCUT2D eigenvalue weighted by atomic mass is 32.1. The third-order valence-electron chi connectivity index (χ3n) is 2.26. The van der Waals surface area contributed by atoms with Crippen molar-refractivity contribution < 1.29 is 0 Å². The van der Waals surface area contributed by atoms with E-state index < -0.39 is 0 Å². The first-order valence-corrected chi connectivity index (χ1v) is 5.32. The minimum absolute atomic E-state index is 0.893. The summed E-state index contributed by atoms with van der Waals surface area (Å²) < 4.78 is 0. The first kappa shape index (κ1) is 8.79. The summed E-state index contributed by atoms with van der Waals surface area (Å²) in [5.74, 6) is 0.893. The summed E-state index contributed by atoms with van der Waals surface area (Å²) in [4.78, 5) is 0. The van der Waals surface area contributed by atoms with Crippen molar-refractivity contribution in [3.8, 4) is 0 Å². The molecule has 0 amide bonds. The summed E-state index contributed by atoms with van der Waals surface area (Å²) in [7, 11) is 0. The van der Waals surface area contributed by atoms with Gasteiger partial charge in [0.1, 0.15) is 0 Å². The monoisotopic (exact) mass is 168 g/mol. The van der Waals surface area contributed by atoms with Crippen molar-refractivity contribution in [3.63, 3.8) is 0 Å². The molecule has 0 aliphatic carbocycles. The van der Waals surface area contributed by atoms with E-state index in [0.29, 0.717) is 0 Å². The van der Waals surface area contributed by atoms with E-state index in [2.05, 4.69) is 30.7 Å². The normalized spacial score (nSPS) is 10.8. The van der Waals surface area contributed by atoms with Gasteiger partial charge in [-0.25, -0.2) is 0 Å². The van der Waals surface area contributed by atoms with Crippen molar-refractivity contribution in [2.24, 2.45) is 5.92 Å². The van der Waals surface area contributed by atoms with Gasteiger partial charge >= 0.3 is 0 Å². The Balaban J connectivity index is 2.41. The zero-order valence-corrected chi connectivity index (χ0v) is 8.16. The molecule has 0 N–H and O–H groups in total. The number of thiophene rings is 1. The second-order valence-electron chi connectivity index (χ2n) is 3.02. The van der Waals surface area contributed by atoms with Crippen LogP contribution in [-0.2, 0) is 6.42 Å². The maximum atomic E-state index is 2.28. The lowest BCUT2D eigenvalue weighted by Crippen LogP contribution is -1.99. The molecule has 1 aromatic rings. The molecular weight excluding hydrogens is 152 g/mol. The van der Waals surface area contributed by atoms with Crippen LogP contribution in [0.1, 0.15) is 32.3 Å². The molecule has 0 radical (unpaired) electrons. The first-order chi connectivity index (χ1) is 5.36. The van der Waals surface area contributed by atoms with Crippen LogP contribution in [0.2, 0.25) is 0 Å². The van der Waals surface area contributed by atoms with Crippen molar-refractivity contribution in [2.75, 3.05) is 0 Å². The number of hydrogen-bond donors (Lipinski definition) is 0. The zero-order valence-electron chi connectivity index (χ0n) is 7.34. The van der Waals surface area contributed by atoms with Crippen LogP contribution < -0.4 is 0 Å². The highest BCUT2D eigenvalue weighted by Gasteiger charge is 2.03. The van der Waals surface area contributed by atoms with E-state index in [4.69, 9.17) is 0 Å².